The third kappa shape index (κ3) is 11.6. The summed E-state index contributed by atoms with van der Waals surface area (Å²) in [7, 11) is 0. The van der Waals surface area contributed by atoms with Crippen molar-refractivity contribution in [2.45, 2.75) is 101 Å². The highest BCUT2D eigenvalue weighted by molar-refractivity contribution is 8.00. The number of phenolic OH excluding ortho intramolecular Hbond substituents is 1. The molecule has 2 rings (SSSR count). The minimum absolute atomic E-state index is 0.00104. The Morgan fingerprint density at radius 1 is 0.947 bits per heavy atom. The molecule has 7 nitrogen and oxygen atoms in total. The number of phenols is 1. The van der Waals surface area contributed by atoms with Crippen molar-refractivity contribution in [2.75, 3.05) is 0 Å². The number of aromatic carboxylic acids is 1. The van der Waals surface area contributed by atoms with Gasteiger partial charge in [0.2, 0.25) is 5.76 Å². The Morgan fingerprint density at radius 2 is 1.63 bits per heavy atom. The van der Waals surface area contributed by atoms with Gasteiger partial charge in [-0.1, -0.05) is 76.2 Å². The average Bonchev–Trinajstić information content (AvgIpc) is 2.85. The molecule has 0 aliphatic rings. The molecule has 1 heterocycles. The van der Waals surface area contributed by atoms with E-state index >= 15 is 0 Å². The molecule has 208 valence electrons. The van der Waals surface area contributed by atoms with Gasteiger partial charge in [-0.2, -0.15) is 0 Å². The van der Waals surface area contributed by atoms with E-state index in [0.717, 1.165) is 12.5 Å². The number of hydrogen-bond donors (Lipinski definition) is 3. The predicted molar refractivity (Wildman–Crippen MR) is 152 cm³/mol. The van der Waals surface area contributed by atoms with Crippen molar-refractivity contribution < 1.29 is 29.3 Å². The summed E-state index contributed by atoms with van der Waals surface area (Å²) in [5.74, 6) is -2.99. The smallest absolute Gasteiger partial charge is 0.371 e. The van der Waals surface area contributed by atoms with Gasteiger partial charge in [0.1, 0.15) is 16.7 Å². The first-order valence-corrected chi connectivity index (χ1v) is 14.4. The van der Waals surface area contributed by atoms with Gasteiger partial charge in [-0.05, 0) is 44.2 Å². The van der Waals surface area contributed by atoms with Gasteiger partial charge in [0.15, 0.2) is 5.43 Å². The monoisotopic (exact) mass is 544 g/mol. The highest BCUT2D eigenvalue weighted by atomic mass is 32.2. The van der Waals surface area contributed by atoms with Gasteiger partial charge in [0.25, 0.3) is 0 Å². The van der Waals surface area contributed by atoms with Crippen LogP contribution in [0.5, 0.6) is 5.75 Å². The third-order valence-electron chi connectivity index (χ3n) is 6.22. The van der Waals surface area contributed by atoms with E-state index in [-0.39, 0.29) is 28.4 Å². The lowest BCUT2D eigenvalue weighted by molar-refractivity contribution is -0.137. The molecule has 3 N–H and O–H groups in total. The Balaban J connectivity index is 1.94. The minimum Gasteiger partial charge on any atom is -0.507 e. The van der Waals surface area contributed by atoms with Crippen LogP contribution in [0.3, 0.4) is 0 Å². The number of carboxylic acid groups (broad SMARTS) is 2. The van der Waals surface area contributed by atoms with E-state index in [1.54, 1.807) is 6.07 Å². The van der Waals surface area contributed by atoms with Crippen LogP contribution in [0.2, 0.25) is 0 Å². The second kappa shape index (κ2) is 17.5. The first-order valence-electron chi connectivity index (χ1n) is 13.6. The molecule has 0 spiro atoms. The molecule has 0 aliphatic heterocycles. The van der Waals surface area contributed by atoms with Crippen LogP contribution in [-0.4, -0.2) is 32.5 Å². The largest absolute Gasteiger partial charge is 0.507 e. The first kappa shape index (κ1) is 31.2. The number of allylic oxidation sites excluding steroid dienone is 4. The van der Waals surface area contributed by atoms with Crippen molar-refractivity contribution in [3.8, 4) is 5.75 Å². The van der Waals surface area contributed by atoms with E-state index in [2.05, 4.69) is 13.0 Å². The maximum Gasteiger partial charge on any atom is 0.371 e. The number of aromatic hydroxyl groups is 1. The number of aliphatic carboxylic acids is 1. The van der Waals surface area contributed by atoms with Gasteiger partial charge in [0, 0.05) is 22.6 Å². The molecular weight excluding hydrogens is 504 g/mol. The molecule has 38 heavy (non-hydrogen) atoms. The fourth-order valence-corrected chi connectivity index (χ4v) is 5.43. The average molecular weight is 545 g/mol. The number of thioether (sulfide) groups is 1. The lowest BCUT2D eigenvalue weighted by Gasteiger charge is -2.15. The van der Waals surface area contributed by atoms with Crippen LogP contribution in [0.15, 0.2) is 56.6 Å². The SMILES string of the molecule is CCCCCCCCCCC=CC=CC[C@H](CCCC(=O)O)Sc1cc(O)c2c(=O)cc(C(=O)O)oc2c1. The number of rotatable bonds is 19. The molecule has 1 atom stereocenters. The number of carboxylic acids is 2. The molecule has 0 saturated heterocycles. The van der Waals surface area contributed by atoms with Crippen molar-refractivity contribution in [2.24, 2.45) is 0 Å². The Morgan fingerprint density at radius 3 is 2.32 bits per heavy atom. The van der Waals surface area contributed by atoms with Gasteiger partial charge in [0.05, 0.1) is 0 Å². The first-order chi connectivity index (χ1) is 18.3. The van der Waals surface area contributed by atoms with E-state index in [1.807, 2.05) is 18.2 Å². The predicted octanol–water partition coefficient (Wildman–Crippen LogP) is 7.95. The molecule has 2 aromatic rings. The van der Waals surface area contributed by atoms with Crippen LogP contribution in [-0.2, 0) is 4.79 Å². The molecule has 0 bridgehead atoms. The van der Waals surface area contributed by atoms with Crippen LogP contribution < -0.4 is 5.43 Å². The molecular formula is C30H40O7S. The molecule has 0 amide bonds. The molecule has 8 heteroatoms. The quantitative estimate of drug-likeness (QED) is 0.0924. The van der Waals surface area contributed by atoms with Crippen molar-refractivity contribution in [1.82, 2.24) is 0 Å². The topological polar surface area (TPSA) is 125 Å². The van der Waals surface area contributed by atoms with E-state index in [9.17, 15) is 24.6 Å². The van der Waals surface area contributed by atoms with E-state index in [0.29, 0.717) is 24.2 Å². The standard InChI is InChI=1S/C30H40O7S/c1-2-3-4-5-6-7-8-9-10-11-12-13-14-16-22(17-15-18-28(33)34)38-23-19-24(31)29-25(32)21-27(30(35)36)37-26(29)20-23/h11-14,19-22,31H,2-10,15-18H2,1H3,(H,33,34)(H,35,36)/t22-/m1/s1. The summed E-state index contributed by atoms with van der Waals surface area (Å²) in [4.78, 5) is 35.1. The Bertz CT molecular complexity index is 1150. The number of hydrogen-bond acceptors (Lipinski definition) is 6. The van der Waals surface area contributed by atoms with Crippen molar-refractivity contribution >= 4 is 34.7 Å². The minimum atomic E-state index is -1.37. The van der Waals surface area contributed by atoms with E-state index in [4.69, 9.17) is 9.52 Å². The van der Waals surface area contributed by atoms with Crippen LogP contribution >= 0.6 is 11.8 Å². The molecule has 0 fully saturated rings. The number of carbonyl (C=O) groups is 2. The maximum absolute atomic E-state index is 12.3. The van der Waals surface area contributed by atoms with Gasteiger partial charge in [-0.15, -0.1) is 11.8 Å². The summed E-state index contributed by atoms with van der Waals surface area (Å²) < 4.78 is 5.33. The van der Waals surface area contributed by atoms with E-state index < -0.39 is 23.1 Å². The molecule has 0 saturated carbocycles. The number of benzene rings is 1. The second-order valence-electron chi connectivity index (χ2n) is 9.48. The lowest BCUT2D eigenvalue weighted by Crippen LogP contribution is -2.07. The van der Waals surface area contributed by atoms with Gasteiger partial charge < -0.3 is 19.7 Å². The summed E-state index contributed by atoms with van der Waals surface area (Å²) in [6.07, 6.45) is 21.6. The Labute approximate surface area is 228 Å². The molecule has 0 radical (unpaired) electrons. The van der Waals surface area contributed by atoms with E-state index in [1.165, 1.54) is 69.2 Å². The zero-order valence-corrected chi connectivity index (χ0v) is 23.0. The normalized spacial score (nSPS) is 12.6. The van der Waals surface area contributed by atoms with Crippen LogP contribution in [0, 0.1) is 0 Å². The summed E-state index contributed by atoms with van der Waals surface area (Å²) in [6.45, 7) is 2.23. The third-order valence-corrected chi connectivity index (χ3v) is 7.49. The van der Waals surface area contributed by atoms with Gasteiger partial charge in [-0.25, -0.2) is 4.79 Å². The molecule has 0 aliphatic carbocycles. The maximum atomic E-state index is 12.3. The molecule has 1 aromatic carbocycles. The lowest BCUT2D eigenvalue weighted by atomic mass is 10.1. The Kier molecular flexibility index (Phi) is 14.4. The fourth-order valence-electron chi connectivity index (χ4n) is 4.20. The van der Waals surface area contributed by atoms with Crippen molar-refractivity contribution in [1.29, 1.82) is 0 Å². The zero-order chi connectivity index (χ0) is 27.8. The number of unbranched alkanes of at least 4 members (excludes halogenated alkanes) is 8. The zero-order valence-electron chi connectivity index (χ0n) is 22.2. The number of fused-ring (bicyclic) bond motifs is 1. The summed E-state index contributed by atoms with van der Waals surface area (Å²) in [5.41, 5.74) is -0.626. The highest BCUT2D eigenvalue weighted by Crippen LogP contribution is 2.35. The summed E-state index contributed by atoms with van der Waals surface area (Å²) in [5, 5.41) is 28.6. The van der Waals surface area contributed by atoms with Gasteiger partial charge >= 0.3 is 11.9 Å². The van der Waals surface area contributed by atoms with Gasteiger partial charge in [-0.3, -0.25) is 9.59 Å². The van der Waals surface area contributed by atoms with Crippen molar-refractivity contribution in [3.05, 3.63) is 58.5 Å². The highest BCUT2D eigenvalue weighted by Gasteiger charge is 2.17. The molecule has 0 unspecified atom stereocenters. The fraction of sp³-hybridized carbons (Fsp3) is 0.500. The van der Waals surface area contributed by atoms with Crippen LogP contribution in [0.25, 0.3) is 11.0 Å². The van der Waals surface area contributed by atoms with Crippen molar-refractivity contribution in [3.63, 3.8) is 0 Å². The second-order valence-corrected chi connectivity index (χ2v) is 10.9. The van der Waals surface area contributed by atoms with Crippen LogP contribution in [0.1, 0.15) is 101 Å². The summed E-state index contributed by atoms with van der Waals surface area (Å²) >= 11 is 1.44. The molecule has 1 aromatic heterocycles. The Hall–Kier alpha value is -3.00. The van der Waals surface area contributed by atoms with Crippen LogP contribution in [0.4, 0.5) is 0 Å². The summed E-state index contributed by atoms with van der Waals surface area (Å²) in [6, 6.07) is 3.85.